The van der Waals surface area contributed by atoms with Crippen LogP contribution < -0.4 is 10.6 Å². The minimum atomic E-state index is -2.85. The van der Waals surface area contributed by atoms with Crippen LogP contribution in [0.5, 0.6) is 0 Å². The lowest BCUT2D eigenvalue weighted by Gasteiger charge is -2.20. The maximum Gasteiger partial charge on any atom is 0.407 e. The quantitative estimate of drug-likeness (QED) is 0.454. The zero-order valence-electron chi connectivity index (χ0n) is 18.8. The van der Waals surface area contributed by atoms with E-state index in [1.54, 1.807) is 6.92 Å². The van der Waals surface area contributed by atoms with E-state index in [0.29, 0.717) is 12.8 Å². The van der Waals surface area contributed by atoms with Gasteiger partial charge < -0.3 is 20.5 Å². The fourth-order valence-corrected chi connectivity index (χ4v) is 4.20. The van der Waals surface area contributed by atoms with Crippen molar-refractivity contribution < 1.29 is 33.0 Å². The Hall–Kier alpha value is -3.49. The number of carbonyl (C=O) groups excluding carboxylic acids is 2. The molecule has 0 bridgehead atoms. The molecule has 34 heavy (non-hydrogen) atoms. The fourth-order valence-electron chi connectivity index (χ4n) is 4.20. The molecule has 1 aliphatic carbocycles. The lowest BCUT2D eigenvalue weighted by molar-refractivity contribution is -0.142. The van der Waals surface area contributed by atoms with Gasteiger partial charge in [0.15, 0.2) is 0 Å². The number of amides is 2. The SMILES string of the molecule is CCCC(CNC(=O)C(CC(F)F)NC(=O)OCC1c2ccccc2-c2ccccc21)C(=O)O. The van der Waals surface area contributed by atoms with Gasteiger partial charge in [-0.25, -0.2) is 13.6 Å². The Kier molecular flexibility index (Phi) is 8.56. The van der Waals surface area contributed by atoms with Crippen LogP contribution in [0.15, 0.2) is 48.5 Å². The molecule has 2 aromatic rings. The van der Waals surface area contributed by atoms with Crippen molar-refractivity contribution in [3.8, 4) is 11.1 Å². The Bertz CT molecular complexity index is 984. The molecular formula is C25H28F2N2O5. The topological polar surface area (TPSA) is 105 Å². The third-order valence-electron chi connectivity index (χ3n) is 5.88. The highest BCUT2D eigenvalue weighted by molar-refractivity contribution is 5.86. The minimum Gasteiger partial charge on any atom is -0.481 e. The standard InChI is InChI=1S/C25H28F2N2O5/c1-2-7-15(24(31)32)13-28-23(30)21(12-22(26)27)29-25(33)34-14-20-18-10-5-3-8-16(18)17-9-4-6-11-19(17)20/h3-6,8-11,15,20-22H,2,7,12-14H2,1H3,(H,28,30)(H,29,33)(H,31,32). The molecule has 9 heteroatoms. The maximum absolute atomic E-state index is 13.0. The molecule has 182 valence electrons. The summed E-state index contributed by atoms with van der Waals surface area (Å²) in [6, 6.07) is 14.0. The van der Waals surface area contributed by atoms with Crippen LogP contribution in [-0.2, 0) is 14.3 Å². The van der Waals surface area contributed by atoms with E-state index in [1.807, 2.05) is 48.5 Å². The summed E-state index contributed by atoms with van der Waals surface area (Å²) in [4.78, 5) is 36.1. The highest BCUT2D eigenvalue weighted by Crippen LogP contribution is 2.44. The number of alkyl carbamates (subject to hydrolysis) is 1. The molecule has 0 aromatic heterocycles. The number of halogens is 2. The van der Waals surface area contributed by atoms with Crippen LogP contribution >= 0.6 is 0 Å². The average molecular weight is 475 g/mol. The zero-order valence-corrected chi connectivity index (χ0v) is 18.8. The second-order valence-electron chi connectivity index (χ2n) is 8.22. The summed E-state index contributed by atoms with van der Waals surface area (Å²) >= 11 is 0. The molecule has 1 aliphatic rings. The minimum absolute atomic E-state index is 0.0273. The Morgan fingerprint density at radius 3 is 2.15 bits per heavy atom. The number of ether oxygens (including phenoxy) is 1. The zero-order chi connectivity index (χ0) is 24.7. The second kappa shape index (κ2) is 11.6. The van der Waals surface area contributed by atoms with Crippen LogP contribution in [-0.4, -0.2) is 48.7 Å². The van der Waals surface area contributed by atoms with Crippen molar-refractivity contribution in [2.24, 2.45) is 5.92 Å². The summed E-state index contributed by atoms with van der Waals surface area (Å²) in [6.45, 7) is 1.56. The van der Waals surface area contributed by atoms with E-state index in [4.69, 9.17) is 4.74 Å². The van der Waals surface area contributed by atoms with Crippen LogP contribution in [0.3, 0.4) is 0 Å². The normalized spacial score (nSPS) is 14.1. The molecule has 2 aromatic carbocycles. The summed E-state index contributed by atoms with van der Waals surface area (Å²) < 4.78 is 31.4. The van der Waals surface area contributed by atoms with E-state index in [2.05, 4.69) is 10.6 Å². The molecule has 0 aliphatic heterocycles. The molecule has 0 saturated heterocycles. The number of alkyl halides is 2. The number of nitrogens with one attached hydrogen (secondary N) is 2. The Morgan fingerprint density at radius 1 is 1.03 bits per heavy atom. The molecule has 2 amide bonds. The summed E-state index contributed by atoms with van der Waals surface area (Å²) in [7, 11) is 0. The summed E-state index contributed by atoms with van der Waals surface area (Å²) in [5.41, 5.74) is 4.08. The van der Waals surface area contributed by atoms with Crippen molar-refractivity contribution in [2.75, 3.05) is 13.2 Å². The molecular weight excluding hydrogens is 446 g/mol. The number of hydrogen-bond donors (Lipinski definition) is 3. The average Bonchev–Trinajstić information content (AvgIpc) is 3.13. The number of carboxylic acids is 1. The predicted molar refractivity (Wildman–Crippen MR) is 122 cm³/mol. The van der Waals surface area contributed by atoms with Crippen LogP contribution in [0.1, 0.15) is 43.2 Å². The predicted octanol–water partition coefficient (Wildman–Crippen LogP) is 4.17. The van der Waals surface area contributed by atoms with Gasteiger partial charge in [0.1, 0.15) is 12.6 Å². The van der Waals surface area contributed by atoms with E-state index in [0.717, 1.165) is 22.3 Å². The Morgan fingerprint density at radius 2 is 1.62 bits per heavy atom. The number of carboxylic acid groups (broad SMARTS) is 1. The van der Waals surface area contributed by atoms with Crippen LogP contribution in [0.4, 0.5) is 13.6 Å². The van der Waals surface area contributed by atoms with E-state index >= 15 is 0 Å². The number of rotatable bonds is 11. The molecule has 3 rings (SSSR count). The molecule has 3 N–H and O–H groups in total. The molecule has 0 heterocycles. The van der Waals surface area contributed by atoms with Crippen molar-refractivity contribution in [2.45, 2.75) is 44.6 Å². The summed E-state index contributed by atoms with van der Waals surface area (Å²) in [5, 5.41) is 13.8. The van der Waals surface area contributed by atoms with Gasteiger partial charge in [-0.05, 0) is 28.7 Å². The van der Waals surface area contributed by atoms with Crippen molar-refractivity contribution in [1.82, 2.24) is 10.6 Å². The van der Waals surface area contributed by atoms with Crippen molar-refractivity contribution in [3.05, 3.63) is 59.7 Å². The molecule has 2 atom stereocenters. The molecule has 0 saturated carbocycles. The van der Waals surface area contributed by atoms with Gasteiger partial charge in [-0.2, -0.15) is 0 Å². The van der Waals surface area contributed by atoms with Gasteiger partial charge in [-0.3, -0.25) is 9.59 Å². The summed E-state index contributed by atoms with van der Waals surface area (Å²) in [5.74, 6) is -3.02. The lowest BCUT2D eigenvalue weighted by atomic mass is 9.98. The fraction of sp³-hybridized carbons (Fsp3) is 0.400. The highest BCUT2D eigenvalue weighted by atomic mass is 19.3. The number of carbonyl (C=O) groups is 3. The van der Waals surface area contributed by atoms with Crippen molar-refractivity contribution >= 4 is 18.0 Å². The molecule has 7 nitrogen and oxygen atoms in total. The van der Waals surface area contributed by atoms with Gasteiger partial charge in [0.25, 0.3) is 0 Å². The van der Waals surface area contributed by atoms with Crippen LogP contribution in [0.25, 0.3) is 11.1 Å². The second-order valence-corrected chi connectivity index (χ2v) is 8.22. The Balaban J connectivity index is 1.62. The smallest absolute Gasteiger partial charge is 0.407 e. The van der Waals surface area contributed by atoms with E-state index in [-0.39, 0.29) is 19.1 Å². The van der Waals surface area contributed by atoms with E-state index < -0.39 is 42.8 Å². The van der Waals surface area contributed by atoms with Gasteiger partial charge in [0.2, 0.25) is 12.3 Å². The molecule has 0 fully saturated rings. The van der Waals surface area contributed by atoms with Crippen molar-refractivity contribution in [3.63, 3.8) is 0 Å². The van der Waals surface area contributed by atoms with E-state index in [9.17, 15) is 28.3 Å². The van der Waals surface area contributed by atoms with Crippen LogP contribution in [0, 0.1) is 5.92 Å². The Labute approximate surface area is 196 Å². The van der Waals surface area contributed by atoms with Gasteiger partial charge in [-0.15, -0.1) is 0 Å². The van der Waals surface area contributed by atoms with Gasteiger partial charge in [-0.1, -0.05) is 61.9 Å². The largest absolute Gasteiger partial charge is 0.481 e. The van der Waals surface area contributed by atoms with Gasteiger partial charge in [0, 0.05) is 18.9 Å². The van der Waals surface area contributed by atoms with Gasteiger partial charge >= 0.3 is 12.1 Å². The third kappa shape index (κ3) is 6.09. The van der Waals surface area contributed by atoms with Crippen molar-refractivity contribution in [1.29, 1.82) is 0 Å². The molecule has 0 spiro atoms. The lowest BCUT2D eigenvalue weighted by Crippen LogP contribution is -2.49. The maximum atomic E-state index is 13.0. The number of benzene rings is 2. The highest BCUT2D eigenvalue weighted by Gasteiger charge is 2.31. The molecule has 0 radical (unpaired) electrons. The third-order valence-corrected chi connectivity index (χ3v) is 5.88. The number of hydrogen-bond acceptors (Lipinski definition) is 4. The monoisotopic (exact) mass is 474 g/mol. The first-order valence-corrected chi connectivity index (χ1v) is 11.2. The first-order chi connectivity index (χ1) is 16.3. The molecule has 2 unspecified atom stereocenters. The number of fused-ring (bicyclic) bond motifs is 3. The summed E-state index contributed by atoms with van der Waals surface area (Å²) in [6.07, 6.45) is -3.84. The van der Waals surface area contributed by atoms with Crippen LogP contribution in [0.2, 0.25) is 0 Å². The van der Waals surface area contributed by atoms with Gasteiger partial charge in [0.05, 0.1) is 5.92 Å². The first kappa shape index (κ1) is 25.1. The number of aliphatic carboxylic acids is 1. The van der Waals surface area contributed by atoms with E-state index in [1.165, 1.54) is 0 Å². The first-order valence-electron chi connectivity index (χ1n) is 11.2.